The molecule has 1 N–H and O–H groups in total. The van der Waals surface area contributed by atoms with Gasteiger partial charge in [0.2, 0.25) is 0 Å². The van der Waals surface area contributed by atoms with Crippen LogP contribution in [0.1, 0.15) is 24.9 Å². The van der Waals surface area contributed by atoms with Crippen LogP contribution >= 0.6 is 0 Å². The number of hydrogen-bond acceptors (Lipinski definition) is 2. The third kappa shape index (κ3) is 2.80. The number of rotatable bonds is 2. The fraction of sp³-hybridized carbons (Fsp3) is 0.538. The van der Waals surface area contributed by atoms with Gasteiger partial charge in [0, 0.05) is 19.1 Å². The predicted octanol–water partition coefficient (Wildman–Crippen LogP) is 2.18. The van der Waals surface area contributed by atoms with Crippen LogP contribution in [-0.4, -0.2) is 31.1 Å². The fourth-order valence-electron chi connectivity index (χ4n) is 2.23. The largest absolute Gasteiger partial charge is 0.315 e. The lowest BCUT2D eigenvalue weighted by atomic mass is 10.1. The Morgan fingerprint density at radius 1 is 1.31 bits per heavy atom. The summed E-state index contributed by atoms with van der Waals surface area (Å²) in [4.78, 5) is 2.41. The maximum atomic E-state index is 13.1. The van der Waals surface area contributed by atoms with E-state index in [0.717, 1.165) is 31.7 Å². The molecule has 1 aliphatic rings. The molecule has 0 aliphatic carbocycles. The van der Waals surface area contributed by atoms with Crippen LogP contribution in [0.3, 0.4) is 0 Å². The normalized spacial score (nSPS) is 20.4. The first kappa shape index (κ1) is 11.6. The molecule has 0 radical (unpaired) electrons. The Kier molecular flexibility index (Phi) is 3.91. The lowest BCUT2D eigenvalue weighted by Crippen LogP contribution is -2.30. The van der Waals surface area contributed by atoms with Crippen LogP contribution in [0.5, 0.6) is 0 Å². The van der Waals surface area contributed by atoms with Crippen molar-refractivity contribution in [1.29, 1.82) is 0 Å². The quantitative estimate of drug-likeness (QED) is 0.825. The molecular weight excluding hydrogens is 203 g/mol. The van der Waals surface area contributed by atoms with E-state index in [4.69, 9.17) is 0 Å². The molecule has 1 aromatic carbocycles. The van der Waals surface area contributed by atoms with Crippen LogP contribution in [-0.2, 0) is 0 Å². The molecule has 1 unspecified atom stereocenters. The van der Waals surface area contributed by atoms with Gasteiger partial charge >= 0.3 is 0 Å². The lowest BCUT2D eigenvalue weighted by Gasteiger charge is -2.27. The second kappa shape index (κ2) is 5.41. The van der Waals surface area contributed by atoms with Crippen molar-refractivity contribution in [2.24, 2.45) is 0 Å². The predicted molar refractivity (Wildman–Crippen MR) is 63.9 cm³/mol. The van der Waals surface area contributed by atoms with Crippen molar-refractivity contribution in [3.63, 3.8) is 0 Å². The molecule has 16 heavy (non-hydrogen) atoms. The van der Waals surface area contributed by atoms with Crippen LogP contribution in [0.4, 0.5) is 4.39 Å². The zero-order valence-corrected chi connectivity index (χ0v) is 9.75. The molecule has 3 heteroatoms. The van der Waals surface area contributed by atoms with Crippen LogP contribution in [0.15, 0.2) is 24.3 Å². The molecule has 1 atom stereocenters. The zero-order chi connectivity index (χ0) is 11.4. The molecule has 1 aliphatic heterocycles. The summed E-state index contributed by atoms with van der Waals surface area (Å²) in [6.07, 6.45) is 1.17. The second-order valence-electron chi connectivity index (χ2n) is 4.37. The van der Waals surface area contributed by atoms with Gasteiger partial charge in [-0.15, -0.1) is 0 Å². The average molecular weight is 222 g/mol. The van der Waals surface area contributed by atoms with Crippen molar-refractivity contribution in [1.82, 2.24) is 10.2 Å². The molecule has 1 saturated heterocycles. The number of hydrogen-bond donors (Lipinski definition) is 1. The minimum Gasteiger partial charge on any atom is -0.315 e. The van der Waals surface area contributed by atoms with E-state index in [1.54, 1.807) is 12.1 Å². The maximum absolute atomic E-state index is 13.1. The van der Waals surface area contributed by atoms with Gasteiger partial charge in [0.05, 0.1) is 0 Å². The van der Waals surface area contributed by atoms with Crippen molar-refractivity contribution in [2.45, 2.75) is 19.4 Å². The van der Waals surface area contributed by atoms with Crippen LogP contribution in [0.2, 0.25) is 0 Å². The van der Waals surface area contributed by atoms with E-state index in [-0.39, 0.29) is 5.82 Å². The summed E-state index contributed by atoms with van der Waals surface area (Å²) in [6, 6.07) is 7.24. The topological polar surface area (TPSA) is 15.3 Å². The minimum atomic E-state index is -0.141. The van der Waals surface area contributed by atoms with Crippen molar-refractivity contribution in [2.75, 3.05) is 26.2 Å². The lowest BCUT2D eigenvalue weighted by molar-refractivity contribution is 0.225. The van der Waals surface area contributed by atoms with Crippen molar-refractivity contribution >= 4 is 0 Å². The summed E-state index contributed by atoms with van der Waals surface area (Å²) in [5.41, 5.74) is 1.07. The molecule has 0 spiro atoms. The summed E-state index contributed by atoms with van der Waals surface area (Å²) >= 11 is 0. The number of nitrogens with zero attached hydrogens (tertiary/aromatic N) is 1. The number of nitrogens with one attached hydrogen (secondary N) is 1. The third-order valence-electron chi connectivity index (χ3n) is 3.25. The summed E-state index contributed by atoms with van der Waals surface area (Å²) in [6.45, 7) is 6.40. The molecule has 0 bridgehead atoms. The van der Waals surface area contributed by atoms with E-state index in [0.29, 0.717) is 6.04 Å². The van der Waals surface area contributed by atoms with Gasteiger partial charge in [-0.2, -0.15) is 0 Å². The van der Waals surface area contributed by atoms with Crippen LogP contribution in [0, 0.1) is 5.82 Å². The number of benzene rings is 1. The monoisotopic (exact) mass is 222 g/mol. The first-order valence-electron chi connectivity index (χ1n) is 5.97. The first-order valence-corrected chi connectivity index (χ1v) is 5.97. The van der Waals surface area contributed by atoms with Gasteiger partial charge in [-0.25, -0.2) is 4.39 Å². The second-order valence-corrected chi connectivity index (χ2v) is 4.37. The Hall–Kier alpha value is -0.930. The highest BCUT2D eigenvalue weighted by atomic mass is 19.1. The van der Waals surface area contributed by atoms with Gasteiger partial charge in [0.1, 0.15) is 5.82 Å². The molecule has 0 saturated carbocycles. The van der Waals surface area contributed by atoms with E-state index in [1.165, 1.54) is 12.5 Å². The van der Waals surface area contributed by atoms with Crippen molar-refractivity contribution < 1.29 is 4.39 Å². The molecular formula is C13H19FN2. The molecule has 2 nitrogen and oxygen atoms in total. The summed E-state index contributed by atoms with van der Waals surface area (Å²) in [7, 11) is 0. The maximum Gasteiger partial charge on any atom is 0.123 e. The summed E-state index contributed by atoms with van der Waals surface area (Å²) in [5.74, 6) is -0.141. The zero-order valence-electron chi connectivity index (χ0n) is 9.75. The summed E-state index contributed by atoms with van der Waals surface area (Å²) < 4.78 is 13.1. The highest BCUT2D eigenvalue weighted by molar-refractivity contribution is 5.19. The number of halogens is 1. The molecule has 88 valence electrons. The Morgan fingerprint density at radius 2 is 2.19 bits per heavy atom. The molecule has 0 amide bonds. The first-order chi connectivity index (χ1) is 7.77. The smallest absolute Gasteiger partial charge is 0.123 e. The highest BCUT2D eigenvalue weighted by Gasteiger charge is 2.17. The highest BCUT2D eigenvalue weighted by Crippen LogP contribution is 2.21. The average Bonchev–Trinajstić information content (AvgIpc) is 2.56. The van der Waals surface area contributed by atoms with Gasteiger partial charge in [0.15, 0.2) is 0 Å². The van der Waals surface area contributed by atoms with Gasteiger partial charge < -0.3 is 5.32 Å². The van der Waals surface area contributed by atoms with E-state index in [2.05, 4.69) is 17.1 Å². The molecule has 1 heterocycles. The van der Waals surface area contributed by atoms with Gasteiger partial charge in [-0.05, 0) is 44.1 Å². The molecule has 1 fully saturated rings. The Morgan fingerprint density at radius 3 is 3.00 bits per heavy atom. The van der Waals surface area contributed by atoms with Gasteiger partial charge in [-0.3, -0.25) is 4.90 Å². The SMILES string of the molecule is CC(c1cccc(F)c1)N1CCCNCC1. The third-order valence-corrected chi connectivity index (χ3v) is 3.25. The van der Waals surface area contributed by atoms with E-state index in [9.17, 15) is 4.39 Å². The van der Waals surface area contributed by atoms with Crippen LogP contribution < -0.4 is 5.32 Å². The molecule has 0 aromatic heterocycles. The van der Waals surface area contributed by atoms with Crippen molar-refractivity contribution in [3.8, 4) is 0 Å². The fourth-order valence-corrected chi connectivity index (χ4v) is 2.23. The van der Waals surface area contributed by atoms with E-state index < -0.39 is 0 Å². The standard InChI is InChI=1S/C13H19FN2/c1-11(12-4-2-5-13(14)10-12)16-8-3-6-15-7-9-16/h2,4-5,10-11,15H,3,6-9H2,1H3. The van der Waals surface area contributed by atoms with E-state index in [1.807, 2.05) is 6.07 Å². The van der Waals surface area contributed by atoms with Crippen LogP contribution in [0.25, 0.3) is 0 Å². The van der Waals surface area contributed by atoms with Gasteiger partial charge in [0.25, 0.3) is 0 Å². The molecule has 2 rings (SSSR count). The minimum absolute atomic E-state index is 0.141. The Balaban J connectivity index is 2.07. The van der Waals surface area contributed by atoms with E-state index >= 15 is 0 Å². The Bertz CT molecular complexity index is 332. The summed E-state index contributed by atoms with van der Waals surface area (Å²) in [5, 5.41) is 3.38. The van der Waals surface area contributed by atoms with Crippen molar-refractivity contribution in [3.05, 3.63) is 35.6 Å². The van der Waals surface area contributed by atoms with Gasteiger partial charge in [-0.1, -0.05) is 12.1 Å². The Labute approximate surface area is 96.5 Å². The molecule has 1 aromatic rings.